The Kier molecular flexibility index (Phi) is 3.25. The van der Waals surface area contributed by atoms with Gasteiger partial charge < -0.3 is 0 Å². The second kappa shape index (κ2) is 5.05. The summed E-state index contributed by atoms with van der Waals surface area (Å²) < 4.78 is 0. The molecule has 96 valence electrons. The summed E-state index contributed by atoms with van der Waals surface area (Å²) >= 11 is 3.45. The molecule has 1 saturated heterocycles. The van der Waals surface area contributed by atoms with E-state index in [1.54, 1.807) is 5.01 Å². The number of nitrogens with zero attached hydrogens (tertiary/aromatic N) is 2. The van der Waals surface area contributed by atoms with E-state index in [2.05, 4.69) is 15.9 Å². The van der Waals surface area contributed by atoms with E-state index in [9.17, 15) is 4.79 Å². The summed E-state index contributed by atoms with van der Waals surface area (Å²) in [7, 11) is 0. The van der Waals surface area contributed by atoms with Crippen molar-refractivity contribution in [3.05, 3.63) is 60.7 Å². The highest BCUT2D eigenvalue weighted by atomic mass is 79.9. The first-order valence-corrected chi connectivity index (χ1v) is 7.04. The van der Waals surface area contributed by atoms with Crippen LogP contribution >= 0.6 is 15.9 Å². The Morgan fingerprint density at radius 2 is 1.42 bits per heavy atom. The fourth-order valence-electron chi connectivity index (χ4n) is 2.22. The molecule has 19 heavy (non-hydrogen) atoms. The van der Waals surface area contributed by atoms with E-state index in [1.165, 1.54) is 0 Å². The van der Waals surface area contributed by atoms with Gasteiger partial charge in [-0.3, -0.25) is 9.80 Å². The molecule has 2 aromatic carbocycles. The van der Waals surface area contributed by atoms with Crippen molar-refractivity contribution in [2.75, 3.05) is 16.6 Å². The molecule has 0 bridgehead atoms. The van der Waals surface area contributed by atoms with Crippen LogP contribution in [0.15, 0.2) is 60.7 Å². The molecule has 1 heterocycles. The molecule has 0 spiro atoms. The van der Waals surface area contributed by atoms with E-state index < -0.39 is 0 Å². The van der Waals surface area contributed by atoms with Gasteiger partial charge in [0.2, 0.25) is 0 Å². The first-order chi connectivity index (χ1) is 9.27. The zero-order chi connectivity index (χ0) is 13.2. The molecule has 0 aliphatic carbocycles. The van der Waals surface area contributed by atoms with Gasteiger partial charge in [-0.05, 0) is 24.3 Å². The van der Waals surface area contributed by atoms with Gasteiger partial charge in [0.25, 0.3) is 5.91 Å². The second-order valence-corrected chi connectivity index (χ2v) is 5.48. The molecule has 1 aliphatic heterocycles. The number of rotatable bonds is 2. The molecule has 0 aromatic heterocycles. The maximum absolute atomic E-state index is 12.3. The lowest BCUT2D eigenvalue weighted by Gasteiger charge is -2.29. The van der Waals surface area contributed by atoms with Gasteiger partial charge in [0.1, 0.15) is 4.83 Å². The Bertz CT molecular complexity index is 573. The third-order valence-corrected chi connectivity index (χ3v) is 3.79. The average molecular weight is 317 g/mol. The Morgan fingerprint density at radius 1 is 0.895 bits per heavy atom. The predicted molar refractivity (Wildman–Crippen MR) is 80.4 cm³/mol. The van der Waals surface area contributed by atoms with Crippen LogP contribution in [0.5, 0.6) is 0 Å². The molecular weight excluding hydrogens is 304 g/mol. The maximum atomic E-state index is 12.3. The van der Waals surface area contributed by atoms with E-state index in [0.29, 0.717) is 6.54 Å². The van der Waals surface area contributed by atoms with E-state index in [-0.39, 0.29) is 10.7 Å². The van der Waals surface area contributed by atoms with Crippen LogP contribution in [-0.2, 0) is 4.79 Å². The minimum Gasteiger partial charge on any atom is -0.277 e. The van der Waals surface area contributed by atoms with Crippen molar-refractivity contribution >= 4 is 33.2 Å². The molecule has 0 radical (unpaired) electrons. The molecule has 2 aromatic rings. The fraction of sp³-hybridized carbons (Fsp3) is 0.133. The van der Waals surface area contributed by atoms with Gasteiger partial charge in [-0.2, -0.15) is 0 Å². The topological polar surface area (TPSA) is 23.6 Å². The normalized spacial score (nSPS) is 19.0. The smallest absolute Gasteiger partial charge is 0.261 e. The predicted octanol–water partition coefficient (Wildman–Crippen LogP) is 3.22. The van der Waals surface area contributed by atoms with Crippen LogP contribution in [0.2, 0.25) is 0 Å². The molecule has 0 saturated carbocycles. The van der Waals surface area contributed by atoms with Crippen LogP contribution in [-0.4, -0.2) is 17.3 Å². The largest absolute Gasteiger partial charge is 0.277 e. The third kappa shape index (κ3) is 2.24. The number of hydrogen-bond donors (Lipinski definition) is 0. The lowest BCUT2D eigenvalue weighted by molar-refractivity contribution is -0.116. The van der Waals surface area contributed by atoms with Crippen molar-refractivity contribution in [1.82, 2.24) is 0 Å². The van der Waals surface area contributed by atoms with Crippen LogP contribution in [0.25, 0.3) is 0 Å². The summed E-state index contributed by atoms with van der Waals surface area (Å²) in [4.78, 5) is 12.2. The number of halogens is 1. The van der Waals surface area contributed by atoms with Crippen molar-refractivity contribution in [3.63, 3.8) is 0 Å². The summed E-state index contributed by atoms with van der Waals surface area (Å²) in [6.45, 7) is 0.637. The highest BCUT2D eigenvalue weighted by molar-refractivity contribution is 9.10. The number of para-hydroxylation sites is 2. The van der Waals surface area contributed by atoms with Crippen LogP contribution in [0.1, 0.15) is 0 Å². The molecule has 4 heteroatoms. The lowest BCUT2D eigenvalue weighted by Crippen LogP contribution is -2.39. The summed E-state index contributed by atoms with van der Waals surface area (Å²) in [5.74, 6) is 0.0649. The molecule has 3 rings (SSSR count). The van der Waals surface area contributed by atoms with Crippen LogP contribution in [0.3, 0.4) is 0 Å². The Labute approximate surface area is 120 Å². The molecule has 1 aliphatic rings. The van der Waals surface area contributed by atoms with Crippen molar-refractivity contribution in [2.24, 2.45) is 0 Å². The second-order valence-electron chi connectivity index (χ2n) is 4.37. The Morgan fingerprint density at radius 3 is 2.00 bits per heavy atom. The number of hydrogen-bond acceptors (Lipinski definition) is 2. The Hall–Kier alpha value is -1.81. The Balaban J connectivity index is 2.02. The molecule has 3 nitrogen and oxygen atoms in total. The molecule has 1 unspecified atom stereocenters. The van der Waals surface area contributed by atoms with Crippen molar-refractivity contribution in [3.8, 4) is 0 Å². The van der Waals surface area contributed by atoms with Gasteiger partial charge >= 0.3 is 0 Å². The van der Waals surface area contributed by atoms with Gasteiger partial charge in [-0.1, -0.05) is 52.3 Å². The summed E-state index contributed by atoms with van der Waals surface area (Å²) in [5.41, 5.74) is 1.90. The molecule has 1 amide bonds. The first kappa shape index (κ1) is 12.2. The third-order valence-electron chi connectivity index (χ3n) is 3.11. The number of anilines is 2. The van der Waals surface area contributed by atoms with E-state index in [0.717, 1.165) is 11.4 Å². The van der Waals surface area contributed by atoms with Gasteiger partial charge in [-0.25, -0.2) is 5.01 Å². The molecule has 0 N–H and O–H groups in total. The summed E-state index contributed by atoms with van der Waals surface area (Å²) in [6.07, 6.45) is 0. The number of benzene rings is 2. The zero-order valence-corrected chi connectivity index (χ0v) is 11.8. The number of alkyl halides is 1. The molecule has 1 fully saturated rings. The molecule has 1 atom stereocenters. The van der Waals surface area contributed by atoms with Crippen LogP contribution < -0.4 is 10.0 Å². The SMILES string of the molecule is O=C1C(Br)CN(c2ccccc2)N1c1ccccc1. The van der Waals surface area contributed by atoms with Gasteiger partial charge in [-0.15, -0.1) is 0 Å². The van der Waals surface area contributed by atoms with Gasteiger partial charge in [0.15, 0.2) is 0 Å². The number of carbonyl (C=O) groups excluding carboxylic acids is 1. The molecular formula is C15H13BrN2O. The van der Waals surface area contributed by atoms with Crippen LogP contribution in [0, 0.1) is 0 Å². The van der Waals surface area contributed by atoms with Crippen molar-refractivity contribution < 1.29 is 4.79 Å². The quantitative estimate of drug-likeness (QED) is 0.794. The van der Waals surface area contributed by atoms with E-state index >= 15 is 0 Å². The number of hydrazine groups is 1. The first-order valence-electron chi connectivity index (χ1n) is 6.13. The summed E-state index contributed by atoms with van der Waals surface area (Å²) in [5, 5.41) is 3.73. The summed E-state index contributed by atoms with van der Waals surface area (Å²) in [6, 6.07) is 19.7. The number of amides is 1. The number of carbonyl (C=O) groups is 1. The van der Waals surface area contributed by atoms with E-state index in [1.807, 2.05) is 65.7 Å². The minimum absolute atomic E-state index is 0.0649. The maximum Gasteiger partial charge on any atom is 0.261 e. The van der Waals surface area contributed by atoms with Gasteiger partial charge in [0, 0.05) is 0 Å². The highest BCUT2D eigenvalue weighted by Crippen LogP contribution is 2.30. The van der Waals surface area contributed by atoms with Crippen molar-refractivity contribution in [2.45, 2.75) is 4.83 Å². The average Bonchev–Trinajstić information content (AvgIpc) is 2.77. The highest BCUT2D eigenvalue weighted by Gasteiger charge is 2.37. The minimum atomic E-state index is -0.173. The lowest BCUT2D eigenvalue weighted by atomic mass is 10.3. The van der Waals surface area contributed by atoms with Crippen LogP contribution in [0.4, 0.5) is 11.4 Å². The fourth-order valence-corrected chi connectivity index (χ4v) is 2.69. The monoisotopic (exact) mass is 316 g/mol. The van der Waals surface area contributed by atoms with Gasteiger partial charge in [0.05, 0.1) is 17.9 Å². The zero-order valence-electron chi connectivity index (χ0n) is 10.2. The van der Waals surface area contributed by atoms with Crippen molar-refractivity contribution in [1.29, 1.82) is 0 Å². The standard InChI is InChI=1S/C15H13BrN2O/c16-14-11-17(12-7-3-1-4-8-12)18(15(14)19)13-9-5-2-6-10-13/h1-10,14H,11H2. The van der Waals surface area contributed by atoms with E-state index in [4.69, 9.17) is 0 Å².